The van der Waals surface area contributed by atoms with Gasteiger partial charge in [-0.3, -0.25) is 4.79 Å². The minimum Gasteiger partial charge on any atom is -0.469 e. The molecule has 1 saturated carbocycles. The van der Waals surface area contributed by atoms with Crippen LogP contribution in [0.1, 0.15) is 25.7 Å². The summed E-state index contributed by atoms with van der Waals surface area (Å²) in [6.07, 6.45) is -3.19. The van der Waals surface area contributed by atoms with E-state index in [9.17, 15) is 18.0 Å². The molecule has 0 aromatic rings. The topological polar surface area (TPSA) is 26.3 Å². The molecule has 5 heteroatoms. The van der Waals surface area contributed by atoms with E-state index in [-0.39, 0.29) is 12.8 Å². The molecule has 0 heterocycles. The molecule has 0 radical (unpaired) electrons. The molecule has 0 aromatic carbocycles. The van der Waals surface area contributed by atoms with Crippen LogP contribution in [-0.2, 0) is 9.53 Å². The van der Waals surface area contributed by atoms with Crippen molar-refractivity contribution in [2.75, 3.05) is 7.11 Å². The third-order valence-electron chi connectivity index (χ3n) is 2.67. The van der Waals surface area contributed by atoms with Gasteiger partial charge in [-0.1, -0.05) is 6.42 Å². The van der Waals surface area contributed by atoms with Crippen molar-refractivity contribution in [2.24, 2.45) is 11.8 Å². The Morgan fingerprint density at radius 3 is 2.50 bits per heavy atom. The summed E-state index contributed by atoms with van der Waals surface area (Å²) in [6.45, 7) is 0. The van der Waals surface area contributed by atoms with Gasteiger partial charge in [0.25, 0.3) is 0 Å². The molecule has 2 atom stereocenters. The molecule has 1 fully saturated rings. The molecule has 0 aromatic heterocycles. The van der Waals surface area contributed by atoms with Gasteiger partial charge in [-0.2, -0.15) is 13.2 Å². The molecule has 0 bridgehead atoms. The normalized spacial score (nSPS) is 28.6. The summed E-state index contributed by atoms with van der Waals surface area (Å²) in [5.41, 5.74) is 0. The van der Waals surface area contributed by atoms with Gasteiger partial charge in [0.05, 0.1) is 18.9 Å². The van der Waals surface area contributed by atoms with Crippen molar-refractivity contribution < 1.29 is 22.7 Å². The molecular weight excluding hydrogens is 197 g/mol. The van der Waals surface area contributed by atoms with Crippen molar-refractivity contribution in [3.8, 4) is 0 Å². The number of methoxy groups -OCH3 is 1. The number of rotatable bonds is 1. The molecule has 0 N–H and O–H groups in total. The van der Waals surface area contributed by atoms with E-state index in [1.54, 1.807) is 0 Å². The highest BCUT2D eigenvalue weighted by atomic mass is 19.4. The van der Waals surface area contributed by atoms with Crippen molar-refractivity contribution in [3.63, 3.8) is 0 Å². The molecule has 2 nitrogen and oxygen atoms in total. The Balaban J connectivity index is 2.56. The number of ether oxygens (including phenoxy) is 1. The van der Waals surface area contributed by atoms with Gasteiger partial charge < -0.3 is 4.74 Å². The van der Waals surface area contributed by atoms with E-state index < -0.39 is 24.0 Å². The van der Waals surface area contributed by atoms with Crippen LogP contribution < -0.4 is 0 Å². The molecule has 1 aliphatic carbocycles. The summed E-state index contributed by atoms with van der Waals surface area (Å²) in [5.74, 6) is -2.42. The van der Waals surface area contributed by atoms with Crippen LogP contribution in [0.25, 0.3) is 0 Å². The van der Waals surface area contributed by atoms with Gasteiger partial charge >= 0.3 is 12.1 Å². The second-order valence-electron chi connectivity index (χ2n) is 3.63. The number of alkyl halides is 3. The van der Waals surface area contributed by atoms with Gasteiger partial charge in [0.2, 0.25) is 0 Å². The van der Waals surface area contributed by atoms with E-state index in [4.69, 9.17) is 0 Å². The summed E-state index contributed by atoms with van der Waals surface area (Å²) in [5, 5.41) is 0. The van der Waals surface area contributed by atoms with E-state index in [1.807, 2.05) is 0 Å². The summed E-state index contributed by atoms with van der Waals surface area (Å²) in [6, 6.07) is 0. The Morgan fingerprint density at radius 1 is 1.36 bits per heavy atom. The minimum absolute atomic E-state index is 0.115. The zero-order valence-corrected chi connectivity index (χ0v) is 7.93. The van der Waals surface area contributed by atoms with Crippen molar-refractivity contribution in [1.82, 2.24) is 0 Å². The molecule has 0 amide bonds. The van der Waals surface area contributed by atoms with Gasteiger partial charge in [-0.15, -0.1) is 0 Å². The van der Waals surface area contributed by atoms with E-state index >= 15 is 0 Å². The smallest absolute Gasteiger partial charge is 0.391 e. The average Bonchev–Trinajstić information content (AvgIpc) is 2.15. The Morgan fingerprint density at radius 2 is 2.00 bits per heavy atom. The lowest BCUT2D eigenvalue weighted by atomic mass is 9.81. The van der Waals surface area contributed by atoms with Crippen LogP contribution >= 0.6 is 0 Å². The lowest BCUT2D eigenvalue weighted by Crippen LogP contribution is -2.32. The van der Waals surface area contributed by atoms with Crippen LogP contribution in [0.5, 0.6) is 0 Å². The van der Waals surface area contributed by atoms with Crippen LogP contribution in [-0.4, -0.2) is 19.3 Å². The van der Waals surface area contributed by atoms with Crippen molar-refractivity contribution >= 4 is 5.97 Å². The van der Waals surface area contributed by atoms with E-state index in [1.165, 1.54) is 7.11 Å². The zero-order valence-electron chi connectivity index (χ0n) is 7.93. The number of hydrogen-bond acceptors (Lipinski definition) is 2. The Kier molecular flexibility index (Phi) is 3.39. The summed E-state index contributed by atoms with van der Waals surface area (Å²) < 4.78 is 41.4. The maximum absolute atomic E-state index is 12.3. The first-order valence-electron chi connectivity index (χ1n) is 4.59. The van der Waals surface area contributed by atoms with E-state index in [2.05, 4.69) is 4.74 Å². The van der Waals surface area contributed by atoms with Crippen molar-refractivity contribution in [3.05, 3.63) is 0 Å². The van der Waals surface area contributed by atoms with E-state index in [0.717, 1.165) is 0 Å². The number of esters is 1. The van der Waals surface area contributed by atoms with Crippen molar-refractivity contribution in [1.29, 1.82) is 0 Å². The van der Waals surface area contributed by atoms with Gasteiger partial charge in [-0.25, -0.2) is 0 Å². The second kappa shape index (κ2) is 4.19. The fourth-order valence-electron chi connectivity index (χ4n) is 1.87. The molecule has 0 aliphatic heterocycles. The zero-order chi connectivity index (χ0) is 10.8. The largest absolute Gasteiger partial charge is 0.469 e. The second-order valence-corrected chi connectivity index (χ2v) is 3.63. The fourth-order valence-corrected chi connectivity index (χ4v) is 1.87. The number of hydrogen-bond donors (Lipinski definition) is 0. The van der Waals surface area contributed by atoms with Gasteiger partial charge in [0.15, 0.2) is 0 Å². The van der Waals surface area contributed by atoms with Crippen LogP contribution in [0.3, 0.4) is 0 Å². The first-order valence-corrected chi connectivity index (χ1v) is 4.59. The van der Waals surface area contributed by atoms with Gasteiger partial charge in [0, 0.05) is 0 Å². The van der Waals surface area contributed by atoms with Gasteiger partial charge in [-0.05, 0) is 19.3 Å². The standard InChI is InChI=1S/C9H13F3O2/c1-14-8(13)6-3-2-4-7(5-6)9(10,11)12/h6-7H,2-5H2,1H3. The average molecular weight is 210 g/mol. The summed E-state index contributed by atoms with van der Waals surface area (Å²) in [7, 11) is 1.21. The summed E-state index contributed by atoms with van der Waals surface area (Å²) >= 11 is 0. The fraction of sp³-hybridized carbons (Fsp3) is 0.889. The van der Waals surface area contributed by atoms with E-state index in [0.29, 0.717) is 12.8 Å². The third kappa shape index (κ3) is 2.62. The third-order valence-corrected chi connectivity index (χ3v) is 2.67. The number of carbonyl (C=O) groups excluding carboxylic acids is 1. The predicted octanol–water partition coefficient (Wildman–Crippen LogP) is 2.53. The highest BCUT2D eigenvalue weighted by Gasteiger charge is 2.43. The molecule has 0 saturated heterocycles. The molecule has 14 heavy (non-hydrogen) atoms. The minimum atomic E-state index is -4.17. The molecule has 2 unspecified atom stereocenters. The lowest BCUT2D eigenvalue weighted by molar-refractivity contribution is -0.188. The Hall–Kier alpha value is -0.740. The first-order chi connectivity index (χ1) is 6.45. The van der Waals surface area contributed by atoms with Crippen LogP contribution in [0.15, 0.2) is 0 Å². The van der Waals surface area contributed by atoms with Crippen molar-refractivity contribution in [2.45, 2.75) is 31.9 Å². The van der Waals surface area contributed by atoms with Gasteiger partial charge in [0.1, 0.15) is 0 Å². The predicted molar refractivity (Wildman–Crippen MR) is 43.5 cm³/mol. The first kappa shape index (κ1) is 11.3. The summed E-state index contributed by atoms with van der Waals surface area (Å²) in [4.78, 5) is 11.0. The Labute approximate surface area is 80.4 Å². The maximum Gasteiger partial charge on any atom is 0.391 e. The number of halogens is 3. The monoisotopic (exact) mass is 210 g/mol. The highest BCUT2D eigenvalue weighted by molar-refractivity contribution is 5.72. The lowest BCUT2D eigenvalue weighted by Gasteiger charge is -2.28. The molecular formula is C9H13F3O2. The number of carbonyl (C=O) groups is 1. The van der Waals surface area contributed by atoms with Crippen LogP contribution in [0.4, 0.5) is 13.2 Å². The maximum atomic E-state index is 12.3. The SMILES string of the molecule is COC(=O)C1CCCC(C(F)(F)F)C1. The molecule has 0 spiro atoms. The molecule has 1 rings (SSSR count). The van der Waals surface area contributed by atoms with Crippen LogP contribution in [0.2, 0.25) is 0 Å². The highest BCUT2D eigenvalue weighted by Crippen LogP contribution is 2.40. The molecule has 1 aliphatic rings. The quantitative estimate of drug-likeness (QED) is 0.621. The van der Waals surface area contributed by atoms with Crippen LogP contribution in [0, 0.1) is 11.8 Å². The molecule has 82 valence electrons. The Bertz CT molecular complexity index is 213.